The Labute approximate surface area is 95.0 Å². The fraction of sp³-hybridized carbons (Fsp3) is 0.154. The van der Waals surface area contributed by atoms with Crippen molar-refractivity contribution in [1.29, 1.82) is 0 Å². The van der Waals surface area contributed by atoms with E-state index >= 15 is 0 Å². The third-order valence-electron chi connectivity index (χ3n) is 2.35. The van der Waals surface area contributed by atoms with E-state index in [0.717, 1.165) is 5.69 Å². The average Bonchev–Trinajstić information content (AvgIpc) is 2.29. The lowest BCUT2D eigenvalue weighted by molar-refractivity contribution is 1.12. The summed E-state index contributed by atoms with van der Waals surface area (Å²) in [6, 6.07) is 14.3. The molecule has 2 aromatic rings. The zero-order chi connectivity index (χ0) is 11.4. The Kier molecular flexibility index (Phi) is 3.05. The third kappa shape index (κ3) is 2.31. The minimum absolute atomic E-state index is 0.456. The van der Waals surface area contributed by atoms with Gasteiger partial charge in [-0.1, -0.05) is 30.3 Å². The van der Waals surface area contributed by atoms with Crippen LogP contribution in [0.25, 0.3) is 10.8 Å². The van der Waals surface area contributed by atoms with Crippen LogP contribution in [0.3, 0.4) is 0 Å². The van der Waals surface area contributed by atoms with Gasteiger partial charge in [0.05, 0.1) is 0 Å². The van der Waals surface area contributed by atoms with Gasteiger partial charge in [0.1, 0.15) is 0 Å². The first kappa shape index (κ1) is 10.5. The van der Waals surface area contributed by atoms with Crippen LogP contribution in [0.1, 0.15) is 6.92 Å². The average molecular weight is 213 g/mol. The first-order chi connectivity index (χ1) is 7.79. The van der Waals surface area contributed by atoms with Crippen molar-refractivity contribution in [3.8, 4) is 0 Å². The standard InChI is InChI=1S/C13H15N3/c1-2-15-13(14)16-12-8-7-10-5-3-4-6-11(10)9-12/h3-9H,2H2,1H3,(H3,14,15,16). The van der Waals surface area contributed by atoms with Crippen LogP contribution in [0.5, 0.6) is 0 Å². The maximum Gasteiger partial charge on any atom is 0.193 e. The van der Waals surface area contributed by atoms with Gasteiger partial charge in [-0.2, -0.15) is 0 Å². The number of nitrogens with one attached hydrogen (secondary N) is 1. The number of hydrogen-bond acceptors (Lipinski definition) is 1. The van der Waals surface area contributed by atoms with E-state index in [0.29, 0.717) is 12.5 Å². The number of rotatable bonds is 2. The Morgan fingerprint density at radius 2 is 1.94 bits per heavy atom. The summed E-state index contributed by atoms with van der Waals surface area (Å²) in [5.41, 5.74) is 6.67. The maximum absolute atomic E-state index is 5.70. The smallest absolute Gasteiger partial charge is 0.193 e. The predicted molar refractivity (Wildman–Crippen MR) is 69.7 cm³/mol. The molecule has 16 heavy (non-hydrogen) atoms. The van der Waals surface area contributed by atoms with Gasteiger partial charge in [-0.3, -0.25) is 4.99 Å². The summed E-state index contributed by atoms with van der Waals surface area (Å²) in [6.45, 7) is 2.64. The van der Waals surface area contributed by atoms with Gasteiger partial charge in [0.15, 0.2) is 5.96 Å². The van der Waals surface area contributed by atoms with Crippen LogP contribution in [0.15, 0.2) is 47.5 Å². The molecular formula is C13H15N3. The Hall–Kier alpha value is -2.03. The maximum atomic E-state index is 5.70. The molecule has 0 aliphatic heterocycles. The molecule has 3 N–H and O–H groups in total. The van der Waals surface area contributed by atoms with Crippen LogP contribution in [-0.2, 0) is 0 Å². The van der Waals surface area contributed by atoms with Gasteiger partial charge in [-0.05, 0) is 29.8 Å². The molecule has 0 atom stereocenters. The normalized spacial score (nSPS) is 11.7. The summed E-state index contributed by atoms with van der Waals surface area (Å²) in [7, 11) is 0. The number of anilines is 1. The second-order valence-corrected chi connectivity index (χ2v) is 3.55. The van der Waals surface area contributed by atoms with Gasteiger partial charge in [0.2, 0.25) is 0 Å². The number of hydrogen-bond donors (Lipinski definition) is 2. The van der Waals surface area contributed by atoms with E-state index in [4.69, 9.17) is 5.73 Å². The molecule has 0 unspecified atom stereocenters. The highest BCUT2D eigenvalue weighted by Crippen LogP contribution is 2.18. The minimum atomic E-state index is 0.456. The van der Waals surface area contributed by atoms with E-state index in [-0.39, 0.29) is 0 Å². The van der Waals surface area contributed by atoms with Crippen LogP contribution in [0.2, 0.25) is 0 Å². The molecule has 3 nitrogen and oxygen atoms in total. The van der Waals surface area contributed by atoms with Crippen molar-refractivity contribution in [2.45, 2.75) is 6.92 Å². The van der Waals surface area contributed by atoms with Crippen LogP contribution in [-0.4, -0.2) is 12.5 Å². The number of aliphatic imine (C=N–C) groups is 1. The van der Waals surface area contributed by atoms with Gasteiger partial charge in [-0.15, -0.1) is 0 Å². The Bertz CT molecular complexity index is 517. The zero-order valence-corrected chi connectivity index (χ0v) is 9.27. The minimum Gasteiger partial charge on any atom is -0.370 e. The molecule has 0 aliphatic carbocycles. The number of nitrogens with two attached hydrogens (primary N) is 1. The summed E-state index contributed by atoms with van der Waals surface area (Å²) in [5, 5.41) is 5.48. The highest BCUT2D eigenvalue weighted by molar-refractivity contribution is 5.95. The van der Waals surface area contributed by atoms with Crippen molar-refractivity contribution >= 4 is 22.4 Å². The van der Waals surface area contributed by atoms with Gasteiger partial charge in [-0.25, -0.2) is 0 Å². The molecule has 2 aromatic carbocycles. The lowest BCUT2D eigenvalue weighted by Crippen LogP contribution is -2.22. The molecule has 3 heteroatoms. The summed E-state index contributed by atoms with van der Waals surface area (Å²) >= 11 is 0. The van der Waals surface area contributed by atoms with E-state index in [1.807, 2.05) is 25.1 Å². The van der Waals surface area contributed by atoms with Crippen LogP contribution < -0.4 is 11.1 Å². The largest absolute Gasteiger partial charge is 0.370 e. The number of benzene rings is 2. The predicted octanol–water partition coefficient (Wildman–Crippen LogP) is 2.59. The molecular weight excluding hydrogens is 198 g/mol. The molecule has 0 fully saturated rings. The van der Waals surface area contributed by atoms with Crippen molar-refractivity contribution in [2.24, 2.45) is 10.7 Å². The molecule has 0 saturated heterocycles. The van der Waals surface area contributed by atoms with Gasteiger partial charge in [0.25, 0.3) is 0 Å². The Balaban J connectivity index is 2.29. The van der Waals surface area contributed by atoms with Crippen molar-refractivity contribution in [3.05, 3.63) is 42.5 Å². The van der Waals surface area contributed by atoms with Crippen molar-refractivity contribution in [1.82, 2.24) is 0 Å². The zero-order valence-electron chi connectivity index (χ0n) is 9.27. The summed E-state index contributed by atoms with van der Waals surface area (Å²) in [5.74, 6) is 0.456. The first-order valence-corrected chi connectivity index (χ1v) is 5.35. The van der Waals surface area contributed by atoms with Crippen molar-refractivity contribution < 1.29 is 0 Å². The number of guanidine groups is 1. The lowest BCUT2D eigenvalue weighted by Gasteiger charge is -2.06. The molecule has 82 valence electrons. The first-order valence-electron chi connectivity index (χ1n) is 5.35. The van der Waals surface area contributed by atoms with E-state index in [2.05, 4.69) is 34.6 Å². The van der Waals surface area contributed by atoms with Crippen LogP contribution >= 0.6 is 0 Å². The number of nitrogens with zero attached hydrogens (tertiary/aromatic N) is 1. The quantitative estimate of drug-likeness (QED) is 0.595. The molecule has 0 saturated carbocycles. The molecule has 2 rings (SSSR count). The van der Waals surface area contributed by atoms with E-state index in [1.54, 1.807) is 0 Å². The highest BCUT2D eigenvalue weighted by atomic mass is 15.1. The molecule has 0 spiro atoms. The summed E-state index contributed by atoms with van der Waals surface area (Å²) in [4.78, 5) is 4.08. The molecule has 0 radical (unpaired) electrons. The Morgan fingerprint density at radius 3 is 2.69 bits per heavy atom. The summed E-state index contributed by atoms with van der Waals surface area (Å²) < 4.78 is 0. The van der Waals surface area contributed by atoms with Gasteiger partial charge in [0, 0.05) is 12.2 Å². The van der Waals surface area contributed by atoms with Crippen LogP contribution in [0.4, 0.5) is 5.69 Å². The SMILES string of the molecule is CCN=C(N)Nc1ccc2ccccc2c1. The van der Waals surface area contributed by atoms with Gasteiger partial charge >= 0.3 is 0 Å². The van der Waals surface area contributed by atoms with Crippen molar-refractivity contribution in [3.63, 3.8) is 0 Å². The van der Waals surface area contributed by atoms with Gasteiger partial charge < -0.3 is 11.1 Å². The van der Waals surface area contributed by atoms with Crippen LogP contribution in [0, 0.1) is 0 Å². The summed E-state index contributed by atoms with van der Waals surface area (Å²) in [6.07, 6.45) is 0. The topological polar surface area (TPSA) is 50.4 Å². The highest BCUT2D eigenvalue weighted by Gasteiger charge is 1.96. The fourth-order valence-corrected chi connectivity index (χ4v) is 1.62. The second-order valence-electron chi connectivity index (χ2n) is 3.55. The molecule has 0 aliphatic rings. The number of fused-ring (bicyclic) bond motifs is 1. The lowest BCUT2D eigenvalue weighted by atomic mass is 10.1. The monoisotopic (exact) mass is 213 g/mol. The van der Waals surface area contributed by atoms with E-state index in [1.165, 1.54) is 10.8 Å². The second kappa shape index (κ2) is 4.66. The fourth-order valence-electron chi connectivity index (χ4n) is 1.62. The third-order valence-corrected chi connectivity index (χ3v) is 2.35. The molecule has 0 aromatic heterocycles. The van der Waals surface area contributed by atoms with E-state index in [9.17, 15) is 0 Å². The van der Waals surface area contributed by atoms with Crippen molar-refractivity contribution in [2.75, 3.05) is 11.9 Å². The molecule has 0 amide bonds. The van der Waals surface area contributed by atoms with E-state index < -0.39 is 0 Å². The molecule has 0 bridgehead atoms. The Morgan fingerprint density at radius 1 is 1.19 bits per heavy atom. The molecule has 0 heterocycles.